The van der Waals surface area contributed by atoms with Gasteiger partial charge in [-0.2, -0.15) is 4.98 Å². The van der Waals surface area contributed by atoms with Crippen molar-refractivity contribution in [3.05, 3.63) is 59.5 Å². The Balaban J connectivity index is 1.46. The molecule has 2 aliphatic rings. The molecule has 0 unspecified atom stereocenters. The minimum atomic E-state index is -0.264. The zero-order valence-electron chi connectivity index (χ0n) is 18.5. The molecule has 2 aliphatic heterocycles. The number of nitrogens with zero attached hydrogens (tertiary/aromatic N) is 6. The van der Waals surface area contributed by atoms with Crippen molar-refractivity contribution < 1.29 is 9.13 Å². The quantitative estimate of drug-likeness (QED) is 0.575. The van der Waals surface area contributed by atoms with Crippen LogP contribution in [0.3, 0.4) is 0 Å². The molecule has 1 atom stereocenters. The number of anilines is 3. The van der Waals surface area contributed by atoms with Gasteiger partial charge in [0.25, 0.3) is 0 Å². The van der Waals surface area contributed by atoms with E-state index < -0.39 is 0 Å². The van der Waals surface area contributed by atoms with E-state index in [-0.39, 0.29) is 11.9 Å². The van der Waals surface area contributed by atoms with Crippen LogP contribution in [0.4, 0.5) is 22.0 Å². The van der Waals surface area contributed by atoms with Crippen LogP contribution in [0.2, 0.25) is 5.02 Å². The predicted molar refractivity (Wildman–Crippen MR) is 129 cm³/mol. The van der Waals surface area contributed by atoms with Gasteiger partial charge in [-0.3, -0.25) is 0 Å². The van der Waals surface area contributed by atoms with Gasteiger partial charge in [0, 0.05) is 56.6 Å². The Morgan fingerprint density at radius 2 is 1.79 bits per heavy atom. The topological polar surface area (TPSA) is 57.6 Å². The summed E-state index contributed by atoms with van der Waals surface area (Å²) in [4.78, 5) is 20.9. The Hall–Kier alpha value is -2.97. The second-order valence-electron chi connectivity index (χ2n) is 8.31. The van der Waals surface area contributed by atoms with Gasteiger partial charge in [-0.1, -0.05) is 11.6 Å². The largest absolute Gasteiger partial charge is 0.378 e. The van der Waals surface area contributed by atoms with E-state index in [4.69, 9.17) is 26.3 Å². The minimum Gasteiger partial charge on any atom is -0.378 e. The van der Waals surface area contributed by atoms with Gasteiger partial charge in [0.15, 0.2) is 0 Å². The molecule has 0 aliphatic carbocycles. The van der Waals surface area contributed by atoms with Crippen LogP contribution < -0.4 is 14.7 Å². The first kappa shape index (κ1) is 21.9. The fourth-order valence-electron chi connectivity index (χ4n) is 4.34. The van der Waals surface area contributed by atoms with Crippen molar-refractivity contribution in [3.8, 4) is 11.3 Å². The highest BCUT2D eigenvalue weighted by atomic mass is 35.5. The molecule has 2 saturated heterocycles. The standard InChI is InChI=1S/C24H26ClFN6O/c1-17-16-31(23-20(25)3-2-8-27-23)9-10-32(17)22-15-21(18-4-6-19(26)7-5-18)28-24(29-22)30-11-13-33-14-12-30/h2-8,15,17H,9-14,16H2,1H3/t17-/m1/s1. The highest BCUT2D eigenvalue weighted by molar-refractivity contribution is 6.32. The molecular formula is C24H26ClFN6O. The molecule has 9 heteroatoms. The number of halogens is 2. The molecular weight excluding hydrogens is 443 g/mol. The monoisotopic (exact) mass is 468 g/mol. The highest BCUT2D eigenvalue weighted by Crippen LogP contribution is 2.30. The lowest BCUT2D eigenvalue weighted by atomic mass is 10.1. The van der Waals surface area contributed by atoms with Crippen molar-refractivity contribution >= 4 is 29.2 Å². The van der Waals surface area contributed by atoms with Gasteiger partial charge in [0.1, 0.15) is 17.5 Å². The molecule has 2 fully saturated rings. The smallest absolute Gasteiger partial charge is 0.228 e. The molecule has 2 aromatic heterocycles. The van der Waals surface area contributed by atoms with Crippen LogP contribution in [0.5, 0.6) is 0 Å². The first-order valence-electron chi connectivity index (χ1n) is 11.2. The second-order valence-corrected chi connectivity index (χ2v) is 8.72. The normalized spacial score (nSPS) is 19.1. The fraction of sp³-hybridized carbons (Fsp3) is 0.375. The van der Waals surface area contributed by atoms with Gasteiger partial charge in [-0.15, -0.1) is 0 Å². The van der Waals surface area contributed by atoms with Crippen molar-refractivity contribution in [1.29, 1.82) is 0 Å². The minimum absolute atomic E-state index is 0.185. The summed E-state index contributed by atoms with van der Waals surface area (Å²) in [7, 11) is 0. The van der Waals surface area contributed by atoms with Crippen LogP contribution >= 0.6 is 11.6 Å². The maximum atomic E-state index is 13.5. The lowest BCUT2D eigenvalue weighted by molar-refractivity contribution is 0.122. The molecule has 5 rings (SSSR count). The molecule has 0 amide bonds. The number of benzene rings is 1. The molecule has 4 heterocycles. The van der Waals surface area contributed by atoms with Crippen molar-refractivity contribution in [2.24, 2.45) is 0 Å². The number of hydrogen-bond acceptors (Lipinski definition) is 7. The van der Waals surface area contributed by atoms with Gasteiger partial charge in [0.05, 0.1) is 23.9 Å². The summed E-state index contributed by atoms with van der Waals surface area (Å²) in [6.45, 7) is 7.30. The van der Waals surface area contributed by atoms with Crippen LogP contribution in [-0.4, -0.2) is 66.9 Å². The third-order valence-electron chi connectivity index (χ3n) is 6.10. The van der Waals surface area contributed by atoms with Crippen LogP contribution in [-0.2, 0) is 4.74 Å². The number of morpholine rings is 1. The van der Waals surface area contributed by atoms with Gasteiger partial charge in [-0.05, 0) is 43.3 Å². The summed E-state index contributed by atoms with van der Waals surface area (Å²) in [6.07, 6.45) is 1.77. The van der Waals surface area contributed by atoms with Gasteiger partial charge in [-0.25, -0.2) is 14.4 Å². The fourth-order valence-corrected chi connectivity index (χ4v) is 4.58. The SMILES string of the molecule is C[C@@H]1CN(c2ncccc2Cl)CCN1c1cc(-c2ccc(F)cc2)nc(N2CCOCC2)n1. The van der Waals surface area contributed by atoms with E-state index in [1.54, 1.807) is 18.3 Å². The molecule has 1 aromatic carbocycles. The van der Waals surface area contributed by atoms with Crippen molar-refractivity contribution in [2.75, 3.05) is 60.6 Å². The van der Waals surface area contributed by atoms with E-state index in [1.165, 1.54) is 12.1 Å². The lowest BCUT2D eigenvalue weighted by Crippen LogP contribution is -2.53. The molecule has 3 aromatic rings. The molecule has 0 saturated carbocycles. The molecule has 0 radical (unpaired) electrons. The van der Waals surface area contributed by atoms with E-state index in [2.05, 4.69) is 26.6 Å². The van der Waals surface area contributed by atoms with Crippen molar-refractivity contribution in [1.82, 2.24) is 15.0 Å². The number of rotatable bonds is 4. The summed E-state index contributed by atoms with van der Waals surface area (Å²) in [5.74, 6) is 2.09. The Labute approximate surface area is 197 Å². The van der Waals surface area contributed by atoms with E-state index >= 15 is 0 Å². The van der Waals surface area contributed by atoms with Gasteiger partial charge < -0.3 is 19.4 Å². The summed E-state index contributed by atoms with van der Waals surface area (Å²) >= 11 is 6.38. The number of aromatic nitrogens is 3. The Morgan fingerprint density at radius 1 is 1.00 bits per heavy atom. The van der Waals surface area contributed by atoms with Crippen molar-refractivity contribution in [3.63, 3.8) is 0 Å². The summed E-state index contributed by atoms with van der Waals surface area (Å²) in [6, 6.07) is 12.3. The van der Waals surface area contributed by atoms with Crippen LogP contribution in [0.25, 0.3) is 11.3 Å². The van der Waals surface area contributed by atoms with E-state index in [0.29, 0.717) is 24.2 Å². The van der Waals surface area contributed by atoms with Crippen LogP contribution in [0.15, 0.2) is 48.7 Å². The number of piperazine rings is 1. The predicted octanol–water partition coefficient (Wildman–Crippen LogP) is 3.88. The average Bonchev–Trinajstić information content (AvgIpc) is 2.85. The number of pyridine rings is 1. The molecule has 7 nitrogen and oxygen atoms in total. The Bertz CT molecular complexity index is 1110. The van der Waals surface area contributed by atoms with Crippen molar-refractivity contribution in [2.45, 2.75) is 13.0 Å². The zero-order chi connectivity index (χ0) is 22.8. The summed E-state index contributed by atoms with van der Waals surface area (Å²) < 4.78 is 19.0. The first-order valence-corrected chi connectivity index (χ1v) is 11.6. The third-order valence-corrected chi connectivity index (χ3v) is 6.39. The number of hydrogen-bond donors (Lipinski definition) is 0. The van der Waals surface area contributed by atoms with E-state index in [1.807, 2.05) is 18.2 Å². The average molecular weight is 469 g/mol. The lowest BCUT2D eigenvalue weighted by Gasteiger charge is -2.41. The molecule has 0 bridgehead atoms. The van der Waals surface area contributed by atoms with Gasteiger partial charge >= 0.3 is 0 Å². The molecule has 33 heavy (non-hydrogen) atoms. The molecule has 0 spiro atoms. The Kier molecular flexibility index (Phi) is 6.28. The molecule has 0 N–H and O–H groups in total. The van der Waals surface area contributed by atoms with Gasteiger partial charge in [0.2, 0.25) is 5.95 Å². The van der Waals surface area contributed by atoms with Crippen LogP contribution in [0, 0.1) is 5.82 Å². The summed E-state index contributed by atoms with van der Waals surface area (Å²) in [5.41, 5.74) is 1.64. The van der Waals surface area contributed by atoms with E-state index in [0.717, 1.165) is 55.6 Å². The Morgan fingerprint density at radius 3 is 2.52 bits per heavy atom. The van der Waals surface area contributed by atoms with Crippen LogP contribution in [0.1, 0.15) is 6.92 Å². The van der Waals surface area contributed by atoms with E-state index in [9.17, 15) is 4.39 Å². The second kappa shape index (κ2) is 9.49. The highest BCUT2D eigenvalue weighted by Gasteiger charge is 2.28. The first-order chi connectivity index (χ1) is 16.1. The molecule has 172 valence electrons. The number of ether oxygens (including phenoxy) is 1. The maximum Gasteiger partial charge on any atom is 0.228 e. The summed E-state index contributed by atoms with van der Waals surface area (Å²) in [5, 5.41) is 0.661. The third kappa shape index (κ3) is 4.72. The maximum absolute atomic E-state index is 13.5. The zero-order valence-corrected chi connectivity index (χ0v) is 19.2.